The zero-order valence-electron chi connectivity index (χ0n) is 21.0. The highest BCUT2D eigenvalue weighted by Crippen LogP contribution is 2.32. The highest BCUT2D eigenvalue weighted by atomic mass is 19.4. The number of hydrogen-bond acceptors (Lipinski definition) is 7. The minimum absolute atomic E-state index is 0.110. The Morgan fingerprint density at radius 1 is 1.10 bits per heavy atom. The molecule has 0 saturated heterocycles. The first-order valence-corrected chi connectivity index (χ1v) is 11.9. The minimum atomic E-state index is -4.98. The average molecular weight is 586 g/mol. The van der Waals surface area contributed by atoms with Crippen LogP contribution in [-0.2, 0) is 12.7 Å². The van der Waals surface area contributed by atoms with E-state index in [4.69, 9.17) is 0 Å². The number of fused-ring (bicyclic) bond motifs is 1. The summed E-state index contributed by atoms with van der Waals surface area (Å²) in [5.74, 6) is -1.11. The van der Waals surface area contributed by atoms with Crippen molar-refractivity contribution in [2.75, 3.05) is 5.32 Å². The van der Waals surface area contributed by atoms with Crippen molar-refractivity contribution in [2.45, 2.75) is 50.8 Å². The molecule has 0 radical (unpaired) electrons. The van der Waals surface area contributed by atoms with Crippen LogP contribution in [0.15, 0.2) is 52.6 Å². The van der Waals surface area contributed by atoms with E-state index < -0.39 is 65.7 Å². The first-order chi connectivity index (χ1) is 19.3. The lowest BCUT2D eigenvalue weighted by atomic mass is 10.1. The summed E-state index contributed by atoms with van der Waals surface area (Å²) in [7, 11) is 0. The Morgan fingerprint density at radius 2 is 1.78 bits per heavy atom. The number of rotatable bonds is 9. The molecule has 0 bridgehead atoms. The van der Waals surface area contributed by atoms with Gasteiger partial charge in [-0.1, -0.05) is 0 Å². The maximum absolute atomic E-state index is 14.9. The number of aliphatic hydroxyl groups excluding tert-OH is 1. The normalized spacial score (nSPS) is 14.3. The van der Waals surface area contributed by atoms with Crippen LogP contribution in [0.1, 0.15) is 30.6 Å². The summed E-state index contributed by atoms with van der Waals surface area (Å²) in [6.07, 6.45) is -8.37. The summed E-state index contributed by atoms with van der Waals surface area (Å²) in [5, 5.41) is 17.0. The first-order valence-electron chi connectivity index (χ1n) is 11.9. The van der Waals surface area contributed by atoms with Gasteiger partial charge in [-0.05, 0) is 30.5 Å². The van der Waals surface area contributed by atoms with Crippen molar-refractivity contribution in [3.05, 3.63) is 80.6 Å². The number of aromatic amines is 1. The van der Waals surface area contributed by atoms with Crippen molar-refractivity contribution in [1.29, 1.82) is 0 Å². The van der Waals surface area contributed by atoms with E-state index in [1.807, 2.05) is 0 Å². The fourth-order valence-corrected chi connectivity index (χ4v) is 4.18. The van der Waals surface area contributed by atoms with E-state index in [1.165, 1.54) is 25.3 Å². The number of aromatic nitrogens is 5. The lowest BCUT2D eigenvalue weighted by molar-refractivity contribution is -0.138. The molecule has 41 heavy (non-hydrogen) atoms. The van der Waals surface area contributed by atoms with Crippen molar-refractivity contribution in [2.24, 2.45) is 0 Å². The fraction of sp³-hybridized carbons (Fsp3) is 0.320. The van der Waals surface area contributed by atoms with Gasteiger partial charge >= 0.3 is 6.18 Å². The third-order valence-electron chi connectivity index (χ3n) is 6.10. The molecule has 4 aromatic rings. The second kappa shape index (κ2) is 11.6. The van der Waals surface area contributed by atoms with Crippen molar-refractivity contribution in [3.63, 3.8) is 0 Å². The maximum Gasteiger partial charge on any atom is 0.423 e. The Labute approximate surface area is 225 Å². The van der Waals surface area contributed by atoms with Gasteiger partial charge in [0, 0.05) is 36.6 Å². The van der Waals surface area contributed by atoms with Crippen LogP contribution in [-0.4, -0.2) is 48.5 Å². The van der Waals surface area contributed by atoms with E-state index in [0.29, 0.717) is 0 Å². The second-order valence-corrected chi connectivity index (χ2v) is 9.18. The molecule has 218 valence electrons. The van der Waals surface area contributed by atoms with Crippen LogP contribution < -0.4 is 16.4 Å². The van der Waals surface area contributed by atoms with Crippen LogP contribution >= 0.6 is 0 Å². The molecule has 3 heterocycles. The molecule has 0 saturated carbocycles. The van der Waals surface area contributed by atoms with Gasteiger partial charge in [0.15, 0.2) is 5.82 Å². The van der Waals surface area contributed by atoms with Gasteiger partial charge in [-0.15, -0.1) is 0 Å². The molecular formula is C25H21F7N6O3. The van der Waals surface area contributed by atoms with Crippen molar-refractivity contribution in [3.8, 4) is 11.4 Å². The highest BCUT2D eigenvalue weighted by molar-refractivity contribution is 5.86. The Balaban J connectivity index is 1.50. The minimum Gasteiger partial charge on any atom is -0.382 e. The number of alkyl halides is 6. The number of pyridine rings is 1. The third kappa shape index (κ3) is 6.53. The van der Waals surface area contributed by atoms with Crippen LogP contribution in [0.5, 0.6) is 0 Å². The largest absolute Gasteiger partial charge is 0.423 e. The van der Waals surface area contributed by atoms with Crippen LogP contribution in [0.25, 0.3) is 22.2 Å². The molecule has 0 aliphatic carbocycles. The first kappa shape index (κ1) is 29.6. The zero-order chi connectivity index (χ0) is 30.1. The van der Waals surface area contributed by atoms with E-state index in [9.17, 15) is 45.4 Å². The van der Waals surface area contributed by atoms with E-state index in [0.717, 1.165) is 29.2 Å². The number of benzene rings is 1. The molecule has 0 spiro atoms. The zero-order valence-corrected chi connectivity index (χ0v) is 21.0. The van der Waals surface area contributed by atoms with Gasteiger partial charge in [-0.2, -0.15) is 18.3 Å². The molecule has 1 aromatic carbocycles. The Hall–Kier alpha value is -4.34. The van der Waals surface area contributed by atoms with Gasteiger partial charge in [-0.3, -0.25) is 9.59 Å². The number of anilines is 1. The van der Waals surface area contributed by atoms with E-state index in [1.54, 1.807) is 5.10 Å². The second-order valence-electron chi connectivity index (χ2n) is 9.18. The number of hydrogen-bond donors (Lipinski definition) is 3. The fourth-order valence-electron chi connectivity index (χ4n) is 4.18. The number of halogens is 7. The monoisotopic (exact) mass is 586 g/mol. The number of nitrogens with zero attached hydrogens (tertiary/aromatic N) is 4. The molecule has 0 aliphatic heterocycles. The molecule has 3 N–H and O–H groups in total. The molecular weight excluding hydrogens is 565 g/mol. The Morgan fingerprint density at radius 3 is 2.41 bits per heavy atom. The van der Waals surface area contributed by atoms with Crippen LogP contribution in [0, 0.1) is 5.82 Å². The van der Waals surface area contributed by atoms with E-state index in [2.05, 4.69) is 20.4 Å². The SMILES string of the molecule is C[C@@H](C[C@H](F)Cn1ccc2cc(-c3ncc([C@H](O)C(F)F)cn3)c(F)cc2c1=O)Nc1cn[nH]c(=O)c1C(F)(F)F. The molecule has 0 amide bonds. The number of nitrogens with one attached hydrogen (secondary N) is 2. The Kier molecular flexibility index (Phi) is 8.42. The molecule has 3 aromatic heterocycles. The predicted octanol–water partition coefficient (Wildman–Crippen LogP) is 4.23. The molecule has 3 atom stereocenters. The van der Waals surface area contributed by atoms with E-state index >= 15 is 0 Å². The number of H-pyrrole nitrogens is 1. The molecule has 0 aliphatic rings. The Bertz CT molecular complexity index is 1660. The molecule has 4 rings (SSSR count). The summed E-state index contributed by atoms with van der Waals surface area (Å²) < 4.78 is 95.8. The third-order valence-corrected chi connectivity index (χ3v) is 6.10. The van der Waals surface area contributed by atoms with Gasteiger partial charge in [-0.25, -0.2) is 32.6 Å². The van der Waals surface area contributed by atoms with Gasteiger partial charge in [0.2, 0.25) is 0 Å². The predicted molar refractivity (Wildman–Crippen MR) is 133 cm³/mol. The van der Waals surface area contributed by atoms with Gasteiger partial charge < -0.3 is 15.0 Å². The van der Waals surface area contributed by atoms with Crippen LogP contribution in [0.4, 0.5) is 36.4 Å². The molecule has 0 unspecified atom stereocenters. The highest BCUT2D eigenvalue weighted by Gasteiger charge is 2.37. The quantitative estimate of drug-likeness (QED) is 0.251. The summed E-state index contributed by atoms with van der Waals surface area (Å²) in [4.78, 5) is 32.2. The standard InChI is InChI=1S/C25H21F7N6O3/c1-11(36-18-9-35-37-23(40)19(18)25(30,31)32)4-14(26)10-38-3-2-12-5-16(17(27)6-15(12)24(38)41)22-33-7-13(8-34-22)20(39)21(28)29/h2-3,5-9,11,14,20-21,39H,4,10H2,1H3,(H2,36,37,40)/t11-,14-,20-/m0/s1. The topological polar surface area (TPSA) is 126 Å². The molecule has 9 nitrogen and oxygen atoms in total. The summed E-state index contributed by atoms with van der Waals surface area (Å²) in [5.41, 5.74) is -4.76. The van der Waals surface area contributed by atoms with Gasteiger partial charge in [0.1, 0.15) is 23.7 Å². The summed E-state index contributed by atoms with van der Waals surface area (Å²) in [6, 6.07) is 2.64. The van der Waals surface area contributed by atoms with Crippen molar-refractivity contribution in [1.82, 2.24) is 24.7 Å². The summed E-state index contributed by atoms with van der Waals surface area (Å²) in [6.45, 7) is 0.887. The maximum atomic E-state index is 14.9. The van der Waals surface area contributed by atoms with Crippen molar-refractivity contribution < 1.29 is 35.8 Å². The number of aliphatic hydroxyl groups is 1. The molecule has 16 heteroatoms. The average Bonchev–Trinajstić information content (AvgIpc) is 2.89. The molecule has 0 fully saturated rings. The van der Waals surface area contributed by atoms with Gasteiger partial charge in [0.25, 0.3) is 17.5 Å². The van der Waals surface area contributed by atoms with Gasteiger partial charge in [0.05, 0.1) is 29.4 Å². The lowest BCUT2D eigenvalue weighted by Crippen LogP contribution is -2.30. The van der Waals surface area contributed by atoms with Crippen LogP contribution in [0.2, 0.25) is 0 Å². The van der Waals surface area contributed by atoms with Crippen LogP contribution in [0.3, 0.4) is 0 Å². The van der Waals surface area contributed by atoms with E-state index in [-0.39, 0.29) is 34.1 Å². The van der Waals surface area contributed by atoms with Crippen molar-refractivity contribution >= 4 is 16.5 Å². The summed E-state index contributed by atoms with van der Waals surface area (Å²) >= 11 is 0. The smallest absolute Gasteiger partial charge is 0.382 e. The lowest BCUT2D eigenvalue weighted by Gasteiger charge is -2.20.